The van der Waals surface area contributed by atoms with Gasteiger partial charge in [0.15, 0.2) is 0 Å². The number of hydrogen-bond acceptors (Lipinski definition) is 3. The number of likely N-dealkylation sites (tertiary alicyclic amines) is 1. The molecule has 3 heteroatoms. The fourth-order valence-corrected chi connectivity index (χ4v) is 3.10. The molecule has 0 saturated carbocycles. The molecule has 1 N–H and O–H groups in total. The smallest absolute Gasteiger partial charge is 0.118 e. The van der Waals surface area contributed by atoms with Crippen molar-refractivity contribution in [1.82, 2.24) is 10.2 Å². The quantitative estimate of drug-likeness (QED) is 0.854. The molecule has 19 heavy (non-hydrogen) atoms. The lowest BCUT2D eigenvalue weighted by Crippen LogP contribution is -2.32. The molecular weight excluding hydrogens is 236 g/mol. The Morgan fingerprint density at radius 3 is 2.95 bits per heavy atom. The monoisotopic (exact) mass is 264 g/mol. The van der Waals surface area contributed by atoms with E-state index in [4.69, 9.17) is 4.42 Å². The summed E-state index contributed by atoms with van der Waals surface area (Å²) in [4.78, 5) is 2.58. The van der Waals surface area contributed by atoms with Gasteiger partial charge in [0, 0.05) is 18.2 Å². The molecule has 1 aliphatic rings. The van der Waals surface area contributed by atoms with Gasteiger partial charge in [-0.1, -0.05) is 20.8 Å². The van der Waals surface area contributed by atoms with E-state index in [0.29, 0.717) is 0 Å². The molecule has 3 nitrogen and oxygen atoms in total. The number of nitrogens with one attached hydrogen (secondary N) is 1. The summed E-state index contributed by atoms with van der Waals surface area (Å²) in [6.45, 7) is 13.0. The Morgan fingerprint density at radius 2 is 2.26 bits per heavy atom. The Hall–Kier alpha value is -0.800. The third-order valence-electron chi connectivity index (χ3n) is 4.18. The molecule has 2 rings (SSSR count). The Kier molecular flexibility index (Phi) is 5.06. The van der Waals surface area contributed by atoms with Crippen molar-refractivity contribution in [3.8, 4) is 0 Å². The number of rotatable bonds is 6. The van der Waals surface area contributed by atoms with Gasteiger partial charge >= 0.3 is 0 Å². The molecule has 1 aromatic rings. The molecule has 1 atom stereocenters. The van der Waals surface area contributed by atoms with Crippen molar-refractivity contribution in [1.29, 1.82) is 0 Å². The van der Waals surface area contributed by atoms with E-state index < -0.39 is 0 Å². The number of hydrogen-bond donors (Lipinski definition) is 1. The first-order valence-corrected chi connectivity index (χ1v) is 7.64. The van der Waals surface area contributed by atoms with Crippen molar-refractivity contribution in [3.05, 3.63) is 23.2 Å². The van der Waals surface area contributed by atoms with Gasteiger partial charge in [-0.25, -0.2) is 0 Å². The van der Waals surface area contributed by atoms with Crippen LogP contribution in [-0.4, -0.2) is 24.0 Å². The van der Waals surface area contributed by atoms with Crippen LogP contribution in [0.25, 0.3) is 0 Å². The highest BCUT2D eigenvalue weighted by atomic mass is 16.3. The zero-order valence-electron chi connectivity index (χ0n) is 12.8. The van der Waals surface area contributed by atoms with Crippen LogP contribution in [0.1, 0.15) is 50.7 Å². The van der Waals surface area contributed by atoms with Crippen LogP contribution in [0.3, 0.4) is 0 Å². The van der Waals surface area contributed by atoms with E-state index in [-0.39, 0.29) is 0 Å². The summed E-state index contributed by atoms with van der Waals surface area (Å²) in [6, 6.07) is 2.95. The average molecular weight is 264 g/mol. The molecule has 1 fully saturated rings. The molecule has 0 aromatic carbocycles. The standard InChI is InChI=1S/C16H28N2O/c1-5-17-10-14-9-15(19-13(14)4)11-18-8-6-7-16(18)12(2)3/h9,12,16-17H,5-8,10-11H2,1-4H3. The fraction of sp³-hybridized carbons (Fsp3) is 0.750. The van der Waals surface area contributed by atoms with E-state index in [1.54, 1.807) is 0 Å². The van der Waals surface area contributed by atoms with Crippen LogP contribution in [-0.2, 0) is 13.1 Å². The predicted octanol–water partition coefficient (Wildman–Crippen LogP) is 3.32. The van der Waals surface area contributed by atoms with Crippen molar-refractivity contribution in [2.24, 2.45) is 5.92 Å². The van der Waals surface area contributed by atoms with Crippen LogP contribution in [0.4, 0.5) is 0 Å². The summed E-state index contributed by atoms with van der Waals surface area (Å²) in [6.07, 6.45) is 2.66. The summed E-state index contributed by atoms with van der Waals surface area (Å²) in [5.74, 6) is 2.92. The Bertz CT molecular complexity index is 397. The third-order valence-corrected chi connectivity index (χ3v) is 4.18. The van der Waals surface area contributed by atoms with E-state index in [1.807, 2.05) is 0 Å². The van der Waals surface area contributed by atoms with Crippen LogP contribution >= 0.6 is 0 Å². The second-order valence-corrected chi connectivity index (χ2v) is 6.00. The molecule has 1 aromatic heterocycles. The van der Waals surface area contributed by atoms with Gasteiger partial charge in [0.25, 0.3) is 0 Å². The van der Waals surface area contributed by atoms with E-state index in [9.17, 15) is 0 Å². The maximum absolute atomic E-state index is 5.92. The molecule has 0 amide bonds. The van der Waals surface area contributed by atoms with Crippen LogP contribution < -0.4 is 5.32 Å². The largest absolute Gasteiger partial charge is 0.465 e. The van der Waals surface area contributed by atoms with Crippen LogP contribution in [0, 0.1) is 12.8 Å². The molecular formula is C16H28N2O. The number of nitrogens with zero attached hydrogens (tertiary/aromatic N) is 1. The lowest BCUT2D eigenvalue weighted by Gasteiger charge is -2.26. The van der Waals surface area contributed by atoms with Gasteiger partial charge in [0.05, 0.1) is 6.54 Å². The maximum Gasteiger partial charge on any atom is 0.118 e. The summed E-state index contributed by atoms with van der Waals surface area (Å²) in [5.41, 5.74) is 1.30. The van der Waals surface area contributed by atoms with Crippen molar-refractivity contribution in [3.63, 3.8) is 0 Å². The fourth-order valence-electron chi connectivity index (χ4n) is 3.10. The molecule has 0 spiro atoms. The topological polar surface area (TPSA) is 28.4 Å². The molecule has 0 aliphatic carbocycles. The first kappa shape index (κ1) is 14.6. The maximum atomic E-state index is 5.92. The summed E-state index contributed by atoms with van der Waals surface area (Å²) >= 11 is 0. The molecule has 0 radical (unpaired) electrons. The summed E-state index contributed by atoms with van der Waals surface area (Å²) < 4.78 is 5.92. The Morgan fingerprint density at radius 1 is 1.47 bits per heavy atom. The van der Waals surface area contributed by atoms with E-state index in [2.05, 4.69) is 44.0 Å². The second-order valence-electron chi connectivity index (χ2n) is 6.00. The minimum atomic E-state index is 0.725. The Balaban J connectivity index is 1.99. The molecule has 108 valence electrons. The second kappa shape index (κ2) is 6.58. The van der Waals surface area contributed by atoms with Gasteiger partial charge in [-0.3, -0.25) is 4.90 Å². The zero-order valence-corrected chi connectivity index (χ0v) is 12.8. The van der Waals surface area contributed by atoms with Crippen molar-refractivity contribution >= 4 is 0 Å². The van der Waals surface area contributed by atoms with Gasteiger partial charge in [-0.15, -0.1) is 0 Å². The SMILES string of the molecule is CCNCc1cc(CN2CCCC2C(C)C)oc1C. The Labute approximate surface area is 117 Å². The minimum absolute atomic E-state index is 0.725. The van der Waals surface area contributed by atoms with E-state index in [0.717, 1.165) is 43.1 Å². The lowest BCUT2D eigenvalue weighted by atomic mass is 10.0. The third kappa shape index (κ3) is 3.61. The van der Waals surface area contributed by atoms with Crippen LogP contribution in [0.5, 0.6) is 0 Å². The molecule has 2 heterocycles. The molecule has 0 bridgehead atoms. The first-order valence-electron chi connectivity index (χ1n) is 7.64. The summed E-state index contributed by atoms with van der Waals surface area (Å²) in [7, 11) is 0. The lowest BCUT2D eigenvalue weighted by molar-refractivity contribution is 0.184. The van der Waals surface area contributed by atoms with Crippen molar-refractivity contribution in [2.75, 3.05) is 13.1 Å². The van der Waals surface area contributed by atoms with Crippen LogP contribution in [0.2, 0.25) is 0 Å². The van der Waals surface area contributed by atoms with Gasteiger partial charge in [-0.05, 0) is 44.8 Å². The van der Waals surface area contributed by atoms with Crippen molar-refractivity contribution in [2.45, 2.75) is 59.7 Å². The highest BCUT2D eigenvalue weighted by Crippen LogP contribution is 2.26. The molecule has 1 saturated heterocycles. The minimum Gasteiger partial charge on any atom is -0.465 e. The number of furan rings is 1. The zero-order chi connectivity index (χ0) is 13.8. The van der Waals surface area contributed by atoms with Crippen LogP contribution in [0.15, 0.2) is 10.5 Å². The van der Waals surface area contributed by atoms with Crippen molar-refractivity contribution < 1.29 is 4.42 Å². The average Bonchev–Trinajstić information content (AvgIpc) is 2.94. The van der Waals surface area contributed by atoms with E-state index >= 15 is 0 Å². The highest BCUT2D eigenvalue weighted by molar-refractivity contribution is 5.20. The highest BCUT2D eigenvalue weighted by Gasteiger charge is 2.27. The number of aryl methyl sites for hydroxylation is 1. The molecule has 1 aliphatic heterocycles. The van der Waals surface area contributed by atoms with Gasteiger partial charge in [0.2, 0.25) is 0 Å². The molecule has 1 unspecified atom stereocenters. The first-order chi connectivity index (χ1) is 9.11. The normalized spacial score (nSPS) is 20.6. The van der Waals surface area contributed by atoms with Gasteiger partial charge < -0.3 is 9.73 Å². The summed E-state index contributed by atoms with van der Waals surface area (Å²) in [5, 5.41) is 3.37. The predicted molar refractivity (Wildman–Crippen MR) is 79.1 cm³/mol. The van der Waals surface area contributed by atoms with Gasteiger partial charge in [0.1, 0.15) is 11.5 Å². The van der Waals surface area contributed by atoms with E-state index in [1.165, 1.54) is 24.9 Å². The van der Waals surface area contributed by atoms with Gasteiger partial charge in [-0.2, -0.15) is 0 Å².